The summed E-state index contributed by atoms with van der Waals surface area (Å²) in [5.41, 5.74) is 0. The standard InChI is InChI=1S/C12H22N2O2/c1-9(10-4-2-5-10)13-12(16)14-7-3-6-11(14)8-15/h9-11,15H,2-8H2,1H3,(H,13,16). The highest BCUT2D eigenvalue weighted by molar-refractivity contribution is 5.75. The molecular weight excluding hydrogens is 204 g/mol. The minimum absolute atomic E-state index is 0.0101. The zero-order valence-corrected chi connectivity index (χ0v) is 9.98. The average molecular weight is 226 g/mol. The smallest absolute Gasteiger partial charge is 0.317 e. The normalized spacial score (nSPS) is 27.6. The van der Waals surface area contributed by atoms with Crippen molar-refractivity contribution >= 4 is 6.03 Å². The average Bonchev–Trinajstić information content (AvgIpc) is 2.61. The molecule has 0 aromatic carbocycles. The molecule has 16 heavy (non-hydrogen) atoms. The van der Waals surface area contributed by atoms with Gasteiger partial charge in [0.05, 0.1) is 12.6 Å². The summed E-state index contributed by atoms with van der Waals surface area (Å²) in [4.78, 5) is 13.8. The van der Waals surface area contributed by atoms with Crippen LogP contribution in [0.1, 0.15) is 39.0 Å². The molecule has 92 valence electrons. The predicted molar refractivity (Wildman–Crippen MR) is 62.1 cm³/mol. The molecule has 0 aromatic heterocycles. The molecule has 4 nitrogen and oxygen atoms in total. The summed E-state index contributed by atoms with van der Waals surface area (Å²) in [5.74, 6) is 0.666. The molecule has 0 aromatic rings. The molecular formula is C12H22N2O2. The van der Waals surface area contributed by atoms with Gasteiger partial charge in [0, 0.05) is 12.6 Å². The fourth-order valence-electron chi connectivity index (χ4n) is 2.63. The predicted octanol–water partition coefficient (Wildman–Crippen LogP) is 1.34. The molecule has 2 amide bonds. The molecule has 2 atom stereocenters. The highest BCUT2D eigenvalue weighted by atomic mass is 16.3. The lowest BCUT2D eigenvalue weighted by Crippen LogP contribution is -2.49. The molecule has 0 spiro atoms. The van der Waals surface area contributed by atoms with Gasteiger partial charge in [-0.1, -0.05) is 6.42 Å². The van der Waals surface area contributed by atoms with Gasteiger partial charge < -0.3 is 15.3 Å². The van der Waals surface area contributed by atoms with Crippen LogP contribution in [0.2, 0.25) is 0 Å². The van der Waals surface area contributed by atoms with Crippen LogP contribution in [0.25, 0.3) is 0 Å². The van der Waals surface area contributed by atoms with Crippen molar-refractivity contribution in [3.05, 3.63) is 0 Å². The maximum absolute atomic E-state index is 12.0. The zero-order chi connectivity index (χ0) is 11.5. The summed E-state index contributed by atoms with van der Waals surface area (Å²) in [7, 11) is 0. The highest BCUT2D eigenvalue weighted by Gasteiger charge is 2.31. The maximum atomic E-state index is 12.0. The summed E-state index contributed by atoms with van der Waals surface area (Å²) in [6.45, 7) is 2.96. The van der Waals surface area contributed by atoms with E-state index in [-0.39, 0.29) is 24.7 Å². The quantitative estimate of drug-likeness (QED) is 0.763. The van der Waals surface area contributed by atoms with Gasteiger partial charge in [-0.25, -0.2) is 4.79 Å². The fourth-order valence-corrected chi connectivity index (χ4v) is 2.63. The Balaban J connectivity index is 1.82. The SMILES string of the molecule is CC(NC(=O)N1CCCC1CO)C1CCC1. The number of carbonyl (C=O) groups excluding carboxylic acids is 1. The lowest BCUT2D eigenvalue weighted by molar-refractivity contribution is 0.147. The second-order valence-electron chi connectivity index (χ2n) is 5.10. The van der Waals surface area contributed by atoms with Crippen molar-refractivity contribution < 1.29 is 9.90 Å². The van der Waals surface area contributed by atoms with Crippen molar-refractivity contribution in [2.75, 3.05) is 13.2 Å². The Bertz CT molecular complexity index is 253. The van der Waals surface area contributed by atoms with E-state index in [4.69, 9.17) is 5.11 Å². The van der Waals surface area contributed by atoms with Crippen LogP contribution in [-0.4, -0.2) is 41.3 Å². The minimum Gasteiger partial charge on any atom is -0.394 e. The van der Waals surface area contributed by atoms with Gasteiger partial charge in [0.2, 0.25) is 0 Å². The molecule has 2 N–H and O–H groups in total. The molecule has 2 fully saturated rings. The van der Waals surface area contributed by atoms with Crippen LogP contribution in [0, 0.1) is 5.92 Å². The topological polar surface area (TPSA) is 52.6 Å². The summed E-state index contributed by atoms with van der Waals surface area (Å²) in [6.07, 6.45) is 5.72. The van der Waals surface area contributed by atoms with E-state index >= 15 is 0 Å². The van der Waals surface area contributed by atoms with E-state index in [1.54, 1.807) is 4.90 Å². The molecule has 2 unspecified atom stereocenters. The van der Waals surface area contributed by atoms with Crippen LogP contribution < -0.4 is 5.32 Å². The van der Waals surface area contributed by atoms with Crippen LogP contribution in [0.4, 0.5) is 4.79 Å². The molecule has 0 radical (unpaired) electrons. The molecule has 0 bridgehead atoms. The summed E-state index contributed by atoms with van der Waals surface area (Å²) < 4.78 is 0. The number of aliphatic hydroxyl groups is 1. The van der Waals surface area contributed by atoms with E-state index in [1.807, 2.05) is 0 Å². The highest BCUT2D eigenvalue weighted by Crippen LogP contribution is 2.29. The molecule has 4 heteroatoms. The van der Waals surface area contributed by atoms with Crippen molar-refractivity contribution in [3.63, 3.8) is 0 Å². The van der Waals surface area contributed by atoms with Gasteiger partial charge in [-0.3, -0.25) is 0 Å². The number of nitrogens with zero attached hydrogens (tertiary/aromatic N) is 1. The Hall–Kier alpha value is -0.770. The molecule has 2 rings (SSSR count). The van der Waals surface area contributed by atoms with Crippen LogP contribution >= 0.6 is 0 Å². The van der Waals surface area contributed by atoms with E-state index in [0.29, 0.717) is 5.92 Å². The van der Waals surface area contributed by atoms with Crippen molar-refractivity contribution in [3.8, 4) is 0 Å². The number of nitrogens with one attached hydrogen (secondary N) is 1. The van der Waals surface area contributed by atoms with Gasteiger partial charge in [-0.05, 0) is 38.5 Å². The second-order valence-corrected chi connectivity index (χ2v) is 5.10. The van der Waals surface area contributed by atoms with Gasteiger partial charge in [0.25, 0.3) is 0 Å². The molecule has 1 saturated heterocycles. The second kappa shape index (κ2) is 5.04. The first-order chi connectivity index (χ1) is 7.72. The Morgan fingerprint density at radius 3 is 2.75 bits per heavy atom. The van der Waals surface area contributed by atoms with Gasteiger partial charge in [-0.2, -0.15) is 0 Å². The number of rotatable bonds is 3. The van der Waals surface area contributed by atoms with Crippen LogP contribution in [0.15, 0.2) is 0 Å². The first kappa shape index (κ1) is 11.7. The number of amides is 2. The van der Waals surface area contributed by atoms with Crippen molar-refractivity contribution in [2.24, 2.45) is 5.92 Å². The number of hydrogen-bond donors (Lipinski definition) is 2. The van der Waals surface area contributed by atoms with Crippen molar-refractivity contribution in [1.29, 1.82) is 0 Å². The Morgan fingerprint density at radius 1 is 1.44 bits per heavy atom. The first-order valence-corrected chi connectivity index (χ1v) is 6.40. The maximum Gasteiger partial charge on any atom is 0.317 e. The van der Waals surface area contributed by atoms with Gasteiger partial charge in [0.1, 0.15) is 0 Å². The van der Waals surface area contributed by atoms with Crippen LogP contribution in [-0.2, 0) is 0 Å². The van der Waals surface area contributed by atoms with Crippen LogP contribution in [0.3, 0.4) is 0 Å². The number of likely N-dealkylation sites (tertiary alicyclic amines) is 1. The summed E-state index contributed by atoms with van der Waals surface area (Å²) in [6, 6.07) is 0.325. The number of urea groups is 1. The molecule has 2 aliphatic rings. The molecule has 1 aliphatic heterocycles. The Morgan fingerprint density at radius 2 is 2.19 bits per heavy atom. The van der Waals surface area contributed by atoms with Gasteiger partial charge in [0.15, 0.2) is 0 Å². The van der Waals surface area contributed by atoms with Crippen molar-refractivity contribution in [2.45, 2.75) is 51.1 Å². The van der Waals surface area contributed by atoms with Gasteiger partial charge >= 0.3 is 6.03 Å². The van der Waals surface area contributed by atoms with E-state index in [1.165, 1.54) is 19.3 Å². The van der Waals surface area contributed by atoms with E-state index in [0.717, 1.165) is 19.4 Å². The van der Waals surface area contributed by atoms with Crippen molar-refractivity contribution in [1.82, 2.24) is 10.2 Å². The Labute approximate surface area is 97.0 Å². The Kier molecular flexibility index (Phi) is 3.69. The molecule has 1 saturated carbocycles. The third-order valence-electron chi connectivity index (χ3n) is 4.06. The summed E-state index contributed by atoms with van der Waals surface area (Å²) in [5, 5.41) is 12.2. The molecule has 1 heterocycles. The van der Waals surface area contributed by atoms with Gasteiger partial charge in [-0.15, -0.1) is 0 Å². The van der Waals surface area contributed by atoms with E-state index in [9.17, 15) is 4.79 Å². The van der Waals surface area contributed by atoms with E-state index in [2.05, 4.69) is 12.2 Å². The number of aliphatic hydroxyl groups excluding tert-OH is 1. The number of hydrogen-bond acceptors (Lipinski definition) is 2. The van der Waals surface area contributed by atoms with E-state index < -0.39 is 0 Å². The lowest BCUT2D eigenvalue weighted by Gasteiger charge is -2.34. The third kappa shape index (κ3) is 2.32. The monoisotopic (exact) mass is 226 g/mol. The fraction of sp³-hybridized carbons (Fsp3) is 0.917. The lowest BCUT2D eigenvalue weighted by atomic mass is 9.80. The largest absolute Gasteiger partial charge is 0.394 e. The summed E-state index contributed by atoms with van der Waals surface area (Å²) >= 11 is 0. The zero-order valence-electron chi connectivity index (χ0n) is 9.98. The minimum atomic E-state index is 0.0101. The molecule has 1 aliphatic carbocycles. The van der Waals surface area contributed by atoms with Crippen LogP contribution in [0.5, 0.6) is 0 Å². The number of carbonyl (C=O) groups is 1. The first-order valence-electron chi connectivity index (χ1n) is 6.40. The third-order valence-corrected chi connectivity index (χ3v) is 4.06.